The van der Waals surface area contributed by atoms with Gasteiger partial charge in [0, 0.05) is 18.4 Å². The normalized spacial score (nSPS) is 12.4. The largest absolute Gasteiger partial charge is 0.306 e. The lowest BCUT2D eigenvalue weighted by molar-refractivity contribution is 0.628. The summed E-state index contributed by atoms with van der Waals surface area (Å²) >= 11 is 17.0. The number of nitrogens with one attached hydrogen (secondary N) is 1. The van der Waals surface area contributed by atoms with Crippen LogP contribution in [-0.4, -0.2) is 6.54 Å². The first-order chi connectivity index (χ1) is 9.52. The maximum absolute atomic E-state index is 6.40. The highest BCUT2D eigenvalue weighted by molar-refractivity contribution is 9.11. The van der Waals surface area contributed by atoms with E-state index in [9.17, 15) is 0 Å². The van der Waals surface area contributed by atoms with E-state index in [0.717, 1.165) is 36.1 Å². The van der Waals surface area contributed by atoms with E-state index in [1.54, 1.807) is 0 Å². The van der Waals surface area contributed by atoms with Crippen molar-refractivity contribution in [3.8, 4) is 0 Å². The Balaban J connectivity index is 2.53. The predicted molar refractivity (Wildman–Crippen MR) is 96.5 cm³/mol. The van der Waals surface area contributed by atoms with E-state index in [1.165, 1.54) is 0 Å². The highest BCUT2D eigenvalue weighted by atomic mass is 79.9. The molecule has 106 valence electrons. The maximum atomic E-state index is 6.40. The molecular formula is C15H13Br3ClN. The van der Waals surface area contributed by atoms with Crippen molar-refractivity contribution in [2.75, 3.05) is 6.54 Å². The van der Waals surface area contributed by atoms with Crippen molar-refractivity contribution in [1.29, 1.82) is 0 Å². The van der Waals surface area contributed by atoms with Gasteiger partial charge >= 0.3 is 0 Å². The van der Waals surface area contributed by atoms with Crippen LogP contribution in [-0.2, 0) is 0 Å². The molecule has 0 radical (unpaired) electrons. The van der Waals surface area contributed by atoms with Crippen LogP contribution in [0.4, 0.5) is 0 Å². The van der Waals surface area contributed by atoms with Gasteiger partial charge in [-0.1, -0.05) is 72.4 Å². The molecule has 0 bridgehead atoms. The van der Waals surface area contributed by atoms with Gasteiger partial charge in [0.05, 0.1) is 6.04 Å². The van der Waals surface area contributed by atoms with Gasteiger partial charge in [0.25, 0.3) is 0 Å². The van der Waals surface area contributed by atoms with Crippen LogP contribution in [0.25, 0.3) is 0 Å². The summed E-state index contributed by atoms with van der Waals surface area (Å²) in [6.07, 6.45) is 0. The minimum atomic E-state index is 0.0486. The van der Waals surface area contributed by atoms with E-state index >= 15 is 0 Å². The topological polar surface area (TPSA) is 12.0 Å². The summed E-state index contributed by atoms with van der Waals surface area (Å²) in [6.45, 7) is 2.95. The monoisotopic (exact) mass is 479 g/mol. The standard InChI is InChI=1S/C15H13Br3ClN/c1-2-20-15(11-5-3-10(17)8-14(11)19)12-7-9(16)4-6-13(12)18/h3-8,15,20H,2H2,1H3. The Bertz CT molecular complexity index is 616. The molecule has 2 aromatic rings. The molecule has 0 saturated carbocycles. The minimum absolute atomic E-state index is 0.0486. The molecule has 0 spiro atoms. The third-order valence-electron chi connectivity index (χ3n) is 2.95. The van der Waals surface area contributed by atoms with E-state index in [-0.39, 0.29) is 6.04 Å². The predicted octanol–water partition coefficient (Wildman–Crippen LogP) is 6.33. The first-order valence-electron chi connectivity index (χ1n) is 6.16. The van der Waals surface area contributed by atoms with E-state index in [4.69, 9.17) is 11.6 Å². The Morgan fingerprint density at radius 3 is 2.30 bits per heavy atom. The summed E-state index contributed by atoms with van der Waals surface area (Å²) in [7, 11) is 0. The Labute approximate surface area is 149 Å². The minimum Gasteiger partial charge on any atom is -0.306 e. The van der Waals surface area contributed by atoms with Crippen molar-refractivity contribution in [2.45, 2.75) is 13.0 Å². The molecule has 0 fully saturated rings. The van der Waals surface area contributed by atoms with Gasteiger partial charge in [-0.05, 0) is 48.0 Å². The van der Waals surface area contributed by atoms with Gasteiger partial charge in [-0.25, -0.2) is 0 Å². The average Bonchev–Trinajstić information content (AvgIpc) is 2.40. The Hall–Kier alpha value is 0.130. The Morgan fingerprint density at radius 2 is 1.65 bits per heavy atom. The van der Waals surface area contributed by atoms with Gasteiger partial charge in [-0.3, -0.25) is 0 Å². The van der Waals surface area contributed by atoms with Gasteiger partial charge in [0.1, 0.15) is 0 Å². The second-order valence-electron chi connectivity index (χ2n) is 4.32. The molecule has 0 aliphatic carbocycles. The molecule has 0 aliphatic heterocycles. The molecule has 1 N–H and O–H groups in total. The van der Waals surface area contributed by atoms with Gasteiger partial charge < -0.3 is 5.32 Å². The van der Waals surface area contributed by atoms with Crippen molar-refractivity contribution in [1.82, 2.24) is 5.32 Å². The second-order valence-corrected chi connectivity index (χ2v) is 7.42. The quantitative estimate of drug-likeness (QED) is 0.538. The smallest absolute Gasteiger partial charge is 0.0602 e. The lowest BCUT2D eigenvalue weighted by Gasteiger charge is -2.22. The molecule has 2 rings (SSSR count). The van der Waals surface area contributed by atoms with E-state index < -0.39 is 0 Å². The number of halogens is 4. The van der Waals surface area contributed by atoms with Crippen molar-refractivity contribution in [3.63, 3.8) is 0 Å². The molecule has 0 heterocycles. The zero-order chi connectivity index (χ0) is 14.7. The van der Waals surface area contributed by atoms with Crippen LogP contribution >= 0.6 is 59.4 Å². The van der Waals surface area contributed by atoms with Gasteiger partial charge in [0.2, 0.25) is 0 Å². The first-order valence-corrected chi connectivity index (χ1v) is 8.92. The van der Waals surface area contributed by atoms with E-state index in [1.807, 2.05) is 30.3 Å². The third-order valence-corrected chi connectivity index (χ3v) is 4.99. The molecule has 0 aliphatic rings. The number of hydrogen-bond donors (Lipinski definition) is 1. The van der Waals surface area contributed by atoms with Gasteiger partial charge in [-0.2, -0.15) is 0 Å². The zero-order valence-corrected chi connectivity index (χ0v) is 16.3. The van der Waals surface area contributed by atoms with Crippen LogP contribution in [0.2, 0.25) is 5.02 Å². The van der Waals surface area contributed by atoms with Gasteiger partial charge in [0.15, 0.2) is 0 Å². The maximum Gasteiger partial charge on any atom is 0.0602 e. The number of hydrogen-bond acceptors (Lipinski definition) is 1. The van der Waals surface area contributed by atoms with Crippen LogP contribution in [0.3, 0.4) is 0 Å². The summed E-state index contributed by atoms with van der Waals surface area (Å²) in [5.74, 6) is 0. The zero-order valence-electron chi connectivity index (χ0n) is 10.8. The van der Waals surface area contributed by atoms with Crippen LogP contribution < -0.4 is 5.32 Å². The van der Waals surface area contributed by atoms with E-state index in [0.29, 0.717) is 0 Å². The molecule has 0 amide bonds. The van der Waals surface area contributed by atoms with Crippen molar-refractivity contribution in [2.24, 2.45) is 0 Å². The SMILES string of the molecule is CCNC(c1ccc(Br)cc1Cl)c1cc(Br)ccc1Br. The number of rotatable bonds is 4. The molecule has 20 heavy (non-hydrogen) atoms. The Kier molecular flexibility index (Phi) is 6.11. The van der Waals surface area contributed by atoms with Gasteiger partial charge in [-0.15, -0.1) is 0 Å². The summed E-state index contributed by atoms with van der Waals surface area (Å²) in [5, 5.41) is 4.24. The van der Waals surface area contributed by atoms with Crippen molar-refractivity contribution < 1.29 is 0 Å². The van der Waals surface area contributed by atoms with Crippen LogP contribution in [0.5, 0.6) is 0 Å². The lowest BCUT2D eigenvalue weighted by Crippen LogP contribution is -2.22. The lowest BCUT2D eigenvalue weighted by atomic mass is 9.98. The van der Waals surface area contributed by atoms with Crippen LogP contribution in [0.1, 0.15) is 24.1 Å². The second kappa shape index (κ2) is 7.41. The summed E-state index contributed by atoms with van der Waals surface area (Å²) < 4.78 is 3.09. The van der Waals surface area contributed by atoms with Crippen molar-refractivity contribution in [3.05, 3.63) is 66.0 Å². The fraction of sp³-hybridized carbons (Fsp3) is 0.200. The molecule has 1 atom stereocenters. The van der Waals surface area contributed by atoms with E-state index in [2.05, 4.69) is 66.1 Å². The molecule has 0 aromatic heterocycles. The molecule has 5 heteroatoms. The molecule has 0 saturated heterocycles. The fourth-order valence-electron chi connectivity index (χ4n) is 2.06. The fourth-order valence-corrected chi connectivity index (χ4v) is 3.70. The highest BCUT2D eigenvalue weighted by Crippen LogP contribution is 2.35. The summed E-state index contributed by atoms with van der Waals surface area (Å²) in [5.41, 5.74) is 2.22. The average molecular weight is 482 g/mol. The molecule has 2 aromatic carbocycles. The Morgan fingerprint density at radius 1 is 1.00 bits per heavy atom. The molecular weight excluding hydrogens is 469 g/mol. The number of benzene rings is 2. The first kappa shape index (κ1) is 16.5. The van der Waals surface area contributed by atoms with Crippen molar-refractivity contribution >= 4 is 59.4 Å². The third kappa shape index (κ3) is 3.86. The summed E-state index contributed by atoms with van der Waals surface area (Å²) in [6, 6.07) is 12.2. The molecule has 1 unspecified atom stereocenters. The summed E-state index contributed by atoms with van der Waals surface area (Å²) in [4.78, 5) is 0. The highest BCUT2D eigenvalue weighted by Gasteiger charge is 2.19. The molecule has 1 nitrogen and oxygen atoms in total. The van der Waals surface area contributed by atoms with Crippen LogP contribution in [0.15, 0.2) is 49.8 Å². The van der Waals surface area contributed by atoms with Crippen LogP contribution in [0, 0.1) is 0 Å².